The summed E-state index contributed by atoms with van der Waals surface area (Å²) < 4.78 is 23.9. The predicted octanol–water partition coefficient (Wildman–Crippen LogP) is 4.16. The zero-order valence-electron chi connectivity index (χ0n) is 13.5. The third kappa shape index (κ3) is 4.00. The molecule has 0 atom stereocenters. The number of methoxy groups -OCH3 is 1. The number of hydrogen-bond donors (Lipinski definition) is 0. The molecule has 2 aromatic rings. The fraction of sp³-hybridized carbons (Fsp3) is 0.222. The Labute approximate surface area is 148 Å². The lowest BCUT2D eigenvalue weighted by molar-refractivity contribution is -0.122. The van der Waals surface area contributed by atoms with Crippen molar-refractivity contribution in [2.75, 3.05) is 20.3 Å². The molecule has 5 nitrogen and oxygen atoms in total. The number of benzene rings is 1. The summed E-state index contributed by atoms with van der Waals surface area (Å²) in [5.74, 6) is 0.231. The number of halogens is 1. The van der Waals surface area contributed by atoms with Crippen molar-refractivity contribution in [3.8, 4) is 11.3 Å². The minimum atomic E-state index is -0.354. The summed E-state index contributed by atoms with van der Waals surface area (Å²) in [5, 5.41) is -0.302. The van der Waals surface area contributed by atoms with Gasteiger partial charge in [0.15, 0.2) is 0 Å². The van der Waals surface area contributed by atoms with E-state index in [1.54, 1.807) is 31.4 Å². The molecular weight excluding hydrogens is 345 g/mol. The molecular formula is C18H16FNO4S. The van der Waals surface area contributed by atoms with Gasteiger partial charge in [0.05, 0.1) is 4.91 Å². The van der Waals surface area contributed by atoms with E-state index in [1.807, 2.05) is 0 Å². The predicted molar refractivity (Wildman–Crippen MR) is 93.3 cm³/mol. The Morgan fingerprint density at radius 2 is 2.12 bits per heavy atom. The van der Waals surface area contributed by atoms with Gasteiger partial charge in [-0.25, -0.2) is 4.39 Å². The molecule has 1 aliphatic heterocycles. The van der Waals surface area contributed by atoms with E-state index in [0.717, 1.165) is 11.8 Å². The zero-order valence-corrected chi connectivity index (χ0v) is 14.3. The molecule has 0 bridgehead atoms. The Balaban J connectivity index is 1.75. The van der Waals surface area contributed by atoms with Crippen molar-refractivity contribution in [3.63, 3.8) is 0 Å². The first-order valence-electron chi connectivity index (χ1n) is 7.68. The van der Waals surface area contributed by atoms with Gasteiger partial charge >= 0.3 is 0 Å². The number of amides is 2. The monoisotopic (exact) mass is 361 g/mol. The van der Waals surface area contributed by atoms with Gasteiger partial charge in [-0.05, 0) is 42.4 Å². The molecule has 25 heavy (non-hydrogen) atoms. The van der Waals surface area contributed by atoms with Crippen LogP contribution in [0.4, 0.5) is 9.18 Å². The Bertz CT molecular complexity index is 830. The molecule has 0 N–H and O–H groups in total. The SMILES string of the molecule is COCCCN1C(=O)S/C(=C/c2ccc(-c3cccc(F)c3)o2)C1=O. The topological polar surface area (TPSA) is 59.8 Å². The van der Waals surface area contributed by atoms with Crippen LogP contribution in [0.2, 0.25) is 0 Å². The maximum Gasteiger partial charge on any atom is 0.293 e. The van der Waals surface area contributed by atoms with Crippen LogP contribution in [0, 0.1) is 5.82 Å². The smallest absolute Gasteiger partial charge is 0.293 e. The fourth-order valence-corrected chi connectivity index (χ4v) is 3.26. The van der Waals surface area contributed by atoms with Crippen LogP contribution < -0.4 is 0 Å². The average Bonchev–Trinajstić information content (AvgIpc) is 3.15. The minimum absolute atomic E-state index is 0.302. The van der Waals surface area contributed by atoms with Gasteiger partial charge < -0.3 is 9.15 Å². The number of thioether (sulfide) groups is 1. The van der Waals surface area contributed by atoms with Crippen molar-refractivity contribution in [2.45, 2.75) is 6.42 Å². The van der Waals surface area contributed by atoms with Gasteiger partial charge in [-0.1, -0.05) is 12.1 Å². The number of carbonyl (C=O) groups is 2. The molecule has 0 unspecified atom stereocenters. The van der Waals surface area contributed by atoms with Gasteiger partial charge in [-0.2, -0.15) is 0 Å². The second-order valence-electron chi connectivity index (χ2n) is 5.39. The summed E-state index contributed by atoms with van der Waals surface area (Å²) >= 11 is 0.880. The van der Waals surface area contributed by atoms with Crippen LogP contribution in [0.15, 0.2) is 45.7 Å². The van der Waals surface area contributed by atoms with Crippen molar-refractivity contribution in [2.24, 2.45) is 0 Å². The molecule has 1 saturated heterocycles. The Kier molecular flexibility index (Phi) is 5.35. The van der Waals surface area contributed by atoms with Gasteiger partial charge in [0.1, 0.15) is 17.3 Å². The van der Waals surface area contributed by atoms with E-state index in [9.17, 15) is 14.0 Å². The molecule has 0 spiro atoms. The molecule has 1 aliphatic rings. The van der Waals surface area contributed by atoms with Crippen LogP contribution in [0.3, 0.4) is 0 Å². The van der Waals surface area contributed by atoms with Crippen LogP contribution in [-0.2, 0) is 9.53 Å². The maximum absolute atomic E-state index is 13.3. The third-order valence-electron chi connectivity index (χ3n) is 3.61. The highest BCUT2D eigenvalue weighted by molar-refractivity contribution is 8.18. The second kappa shape index (κ2) is 7.67. The molecule has 0 radical (unpaired) electrons. The summed E-state index contributed by atoms with van der Waals surface area (Å²) in [5.41, 5.74) is 0.604. The standard InChI is InChI=1S/C18H16FNO4S/c1-23-9-3-8-20-17(21)16(25-18(20)22)11-14-6-7-15(24-14)12-4-2-5-13(19)10-12/h2,4-7,10-11H,3,8-9H2,1H3/b16-11+. The summed E-state index contributed by atoms with van der Waals surface area (Å²) in [6.45, 7) is 0.804. The summed E-state index contributed by atoms with van der Waals surface area (Å²) in [7, 11) is 1.57. The third-order valence-corrected chi connectivity index (χ3v) is 4.52. The number of imide groups is 1. The highest BCUT2D eigenvalue weighted by Gasteiger charge is 2.34. The van der Waals surface area contributed by atoms with E-state index in [2.05, 4.69) is 0 Å². The normalized spacial score (nSPS) is 16.2. The van der Waals surface area contributed by atoms with E-state index < -0.39 is 0 Å². The van der Waals surface area contributed by atoms with Gasteiger partial charge in [0, 0.05) is 31.9 Å². The first kappa shape index (κ1) is 17.4. The van der Waals surface area contributed by atoms with Gasteiger partial charge in [0.2, 0.25) is 0 Å². The largest absolute Gasteiger partial charge is 0.457 e. The van der Waals surface area contributed by atoms with Crippen molar-refractivity contribution < 1.29 is 23.1 Å². The molecule has 1 fully saturated rings. The van der Waals surface area contributed by atoms with E-state index >= 15 is 0 Å². The summed E-state index contributed by atoms with van der Waals surface area (Å²) in [6.07, 6.45) is 2.12. The Morgan fingerprint density at radius 3 is 2.88 bits per heavy atom. The molecule has 3 rings (SSSR count). The van der Waals surface area contributed by atoms with Crippen LogP contribution in [0.5, 0.6) is 0 Å². The van der Waals surface area contributed by atoms with Crippen molar-refractivity contribution in [1.82, 2.24) is 4.90 Å². The maximum atomic E-state index is 13.3. The van der Waals surface area contributed by atoms with Gasteiger partial charge in [-0.3, -0.25) is 14.5 Å². The van der Waals surface area contributed by atoms with Crippen LogP contribution >= 0.6 is 11.8 Å². The number of ether oxygens (including phenoxy) is 1. The lowest BCUT2D eigenvalue weighted by atomic mass is 10.2. The number of furan rings is 1. The van der Waals surface area contributed by atoms with Crippen LogP contribution in [0.25, 0.3) is 17.4 Å². The quantitative estimate of drug-likeness (QED) is 0.571. The minimum Gasteiger partial charge on any atom is -0.457 e. The molecule has 130 valence electrons. The highest BCUT2D eigenvalue weighted by atomic mass is 32.2. The van der Waals surface area contributed by atoms with E-state index in [-0.39, 0.29) is 17.0 Å². The molecule has 2 amide bonds. The molecule has 1 aromatic carbocycles. The number of hydrogen-bond acceptors (Lipinski definition) is 5. The summed E-state index contributed by atoms with van der Waals surface area (Å²) in [4.78, 5) is 25.8. The Morgan fingerprint density at radius 1 is 1.28 bits per heavy atom. The van der Waals surface area contributed by atoms with Crippen molar-refractivity contribution >= 4 is 29.0 Å². The number of nitrogens with zero attached hydrogens (tertiary/aromatic N) is 1. The molecule has 7 heteroatoms. The van der Waals surface area contributed by atoms with Crippen LogP contribution in [0.1, 0.15) is 12.2 Å². The van der Waals surface area contributed by atoms with Crippen molar-refractivity contribution in [1.29, 1.82) is 0 Å². The van der Waals surface area contributed by atoms with Crippen LogP contribution in [-0.4, -0.2) is 36.3 Å². The molecule has 2 heterocycles. The van der Waals surface area contributed by atoms with E-state index in [4.69, 9.17) is 9.15 Å². The van der Waals surface area contributed by atoms with Crippen molar-refractivity contribution in [3.05, 3.63) is 52.9 Å². The highest BCUT2D eigenvalue weighted by Crippen LogP contribution is 2.33. The van der Waals surface area contributed by atoms with E-state index in [0.29, 0.717) is 41.6 Å². The first-order valence-corrected chi connectivity index (χ1v) is 8.50. The van der Waals surface area contributed by atoms with E-state index in [1.165, 1.54) is 23.1 Å². The first-order chi connectivity index (χ1) is 12.1. The molecule has 1 aromatic heterocycles. The van der Waals surface area contributed by atoms with Gasteiger partial charge in [-0.15, -0.1) is 0 Å². The second-order valence-corrected chi connectivity index (χ2v) is 6.39. The average molecular weight is 361 g/mol. The number of carbonyl (C=O) groups excluding carboxylic acids is 2. The fourth-order valence-electron chi connectivity index (χ4n) is 2.42. The molecule has 0 saturated carbocycles. The van der Waals surface area contributed by atoms with Gasteiger partial charge in [0.25, 0.3) is 11.1 Å². The number of rotatable bonds is 6. The lowest BCUT2D eigenvalue weighted by Crippen LogP contribution is -2.29. The lowest BCUT2D eigenvalue weighted by Gasteiger charge is -2.11. The summed E-state index contributed by atoms with van der Waals surface area (Å²) in [6, 6.07) is 9.43. The zero-order chi connectivity index (χ0) is 17.8. The Hall–Kier alpha value is -2.38. The molecule has 0 aliphatic carbocycles.